The highest BCUT2D eigenvalue weighted by molar-refractivity contribution is 6.30. The van der Waals surface area contributed by atoms with Crippen molar-refractivity contribution in [2.75, 3.05) is 19.6 Å². The maximum absolute atomic E-state index is 13.0. The lowest BCUT2D eigenvalue weighted by Gasteiger charge is -2.27. The Labute approximate surface area is 154 Å². The van der Waals surface area contributed by atoms with Crippen molar-refractivity contribution < 1.29 is 27.9 Å². The van der Waals surface area contributed by atoms with Crippen LogP contribution < -0.4 is 5.32 Å². The molecule has 2 N–H and O–H groups in total. The van der Waals surface area contributed by atoms with E-state index >= 15 is 0 Å². The molecule has 0 aliphatic carbocycles. The summed E-state index contributed by atoms with van der Waals surface area (Å²) in [6, 6.07) is 6.35. The van der Waals surface area contributed by atoms with E-state index in [-0.39, 0.29) is 6.54 Å². The van der Waals surface area contributed by atoms with Gasteiger partial charge in [0.15, 0.2) is 0 Å². The fourth-order valence-electron chi connectivity index (χ4n) is 2.96. The Morgan fingerprint density at radius 1 is 1.23 bits per heavy atom. The number of hydrogen-bond acceptors (Lipinski definition) is 2. The van der Waals surface area contributed by atoms with Gasteiger partial charge in [0.25, 0.3) is 0 Å². The molecular weight excluding hydrogens is 373 g/mol. The molecule has 1 fully saturated rings. The van der Waals surface area contributed by atoms with Crippen LogP contribution in [-0.4, -0.2) is 47.8 Å². The molecule has 26 heavy (non-hydrogen) atoms. The highest BCUT2D eigenvalue weighted by Crippen LogP contribution is 2.37. The molecular formula is C17H20ClF3N2O3. The molecule has 2 rings (SSSR count). The van der Waals surface area contributed by atoms with Gasteiger partial charge >= 0.3 is 18.2 Å². The topological polar surface area (TPSA) is 69.6 Å². The zero-order valence-corrected chi connectivity index (χ0v) is 15.1. The van der Waals surface area contributed by atoms with Crippen LogP contribution in [0.5, 0.6) is 0 Å². The summed E-state index contributed by atoms with van der Waals surface area (Å²) in [6.07, 6.45) is -4.67. The van der Waals surface area contributed by atoms with Crippen LogP contribution in [0, 0.1) is 11.8 Å². The number of carbonyl (C=O) groups excluding carboxylic acids is 1. The van der Waals surface area contributed by atoms with E-state index in [1.807, 2.05) is 26.0 Å². The second-order valence-electron chi connectivity index (χ2n) is 7.05. The lowest BCUT2D eigenvalue weighted by Crippen LogP contribution is -2.44. The minimum atomic E-state index is -4.67. The maximum Gasteiger partial charge on any atom is 0.394 e. The molecule has 0 radical (unpaired) electrons. The molecule has 2 atom stereocenters. The quantitative estimate of drug-likeness (QED) is 0.823. The van der Waals surface area contributed by atoms with Crippen molar-refractivity contribution >= 4 is 23.6 Å². The van der Waals surface area contributed by atoms with E-state index in [4.69, 9.17) is 16.7 Å². The highest BCUT2D eigenvalue weighted by Gasteiger charge is 2.53. The molecule has 0 saturated carbocycles. The minimum absolute atomic E-state index is 0.179. The van der Waals surface area contributed by atoms with E-state index in [0.717, 1.165) is 10.5 Å². The molecule has 2 amide bonds. The summed E-state index contributed by atoms with van der Waals surface area (Å²) in [6.45, 7) is 2.80. The molecule has 144 valence electrons. The Balaban J connectivity index is 2.01. The third-order valence-corrected chi connectivity index (χ3v) is 4.90. The number of nitrogens with zero attached hydrogens (tertiary/aromatic N) is 1. The number of carboxylic acids is 1. The number of alkyl halides is 3. The lowest BCUT2D eigenvalue weighted by atomic mass is 9.85. The first-order valence-corrected chi connectivity index (χ1v) is 8.38. The van der Waals surface area contributed by atoms with Crippen molar-refractivity contribution in [1.82, 2.24) is 10.2 Å². The summed E-state index contributed by atoms with van der Waals surface area (Å²) in [5.41, 5.74) is 0.426. The van der Waals surface area contributed by atoms with E-state index in [1.165, 1.54) is 0 Å². The van der Waals surface area contributed by atoms with Crippen LogP contribution in [0.25, 0.3) is 0 Å². The van der Waals surface area contributed by atoms with Crippen molar-refractivity contribution in [1.29, 1.82) is 0 Å². The van der Waals surface area contributed by atoms with Gasteiger partial charge in [-0.1, -0.05) is 37.6 Å². The normalized spacial score (nSPS) is 20.9. The molecule has 0 aromatic heterocycles. The molecule has 0 spiro atoms. The fourth-order valence-corrected chi connectivity index (χ4v) is 3.09. The van der Waals surface area contributed by atoms with Gasteiger partial charge in [0.05, 0.1) is 11.8 Å². The number of carboxylic acid groups (broad SMARTS) is 1. The molecule has 0 unspecified atom stereocenters. The summed E-state index contributed by atoms with van der Waals surface area (Å²) < 4.78 is 39.0. The molecule has 1 saturated heterocycles. The van der Waals surface area contributed by atoms with Gasteiger partial charge in [0.1, 0.15) is 0 Å². The van der Waals surface area contributed by atoms with Gasteiger partial charge in [-0.05, 0) is 17.7 Å². The molecule has 9 heteroatoms. The second kappa shape index (κ2) is 7.34. The average molecular weight is 393 g/mol. The van der Waals surface area contributed by atoms with Crippen LogP contribution >= 0.6 is 11.6 Å². The highest BCUT2D eigenvalue weighted by atomic mass is 35.5. The van der Waals surface area contributed by atoms with Gasteiger partial charge in [-0.15, -0.1) is 0 Å². The number of benzene rings is 1. The lowest BCUT2D eigenvalue weighted by molar-refractivity contribution is -0.187. The molecule has 5 nitrogen and oxygen atoms in total. The number of nitrogens with one attached hydrogen (secondary N) is 1. The molecule has 1 heterocycles. The van der Waals surface area contributed by atoms with Crippen molar-refractivity contribution in [3.63, 3.8) is 0 Å². The van der Waals surface area contributed by atoms with Crippen LogP contribution in [-0.2, 0) is 10.2 Å². The zero-order chi connectivity index (χ0) is 19.7. The summed E-state index contributed by atoms with van der Waals surface area (Å²) in [5.74, 6) is -5.26. The minimum Gasteiger partial charge on any atom is -0.481 e. The number of hydrogen-bond donors (Lipinski definition) is 2. The SMILES string of the molecule is CC(C)(CNC(=O)N1C[C@@H](C(F)(F)F)[C@H](C(=O)O)C1)c1ccc(Cl)cc1. The third kappa shape index (κ3) is 4.60. The van der Waals surface area contributed by atoms with Crippen molar-refractivity contribution in [3.05, 3.63) is 34.9 Å². The van der Waals surface area contributed by atoms with Crippen LogP contribution in [0.4, 0.5) is 18.0 Å². The van der Waals surface area contributed by atoms with E-state index < -0.39 is 48.5 Å². The van der Waals surface area contributed by atoms with E-state index in [9.17, 15) is 22.8 Å². The van der Waals surface area contributed by atoms with Crippen LogP contribution in [0.15, 0.2) is 24.3 Å². The predicted molar refractivity (Wildman–Crippen MR) is 90.1 cm³/mol. The van der Waals surface area contributed by atoms with E-state index in [0.29, 0.717) is 5.02 Å². The number of rotatable bonds is 4. The smallest absolute Gasteiger partial charge is 0.394 e. The zero-order valence-electron chi connectivity index (χ0n) is 14.3. The van der Waals surface area contributed by atoms with Gasteiger partial charge in [0, 0.05) is 30.1 Å². The van der Waals surface area contributed by atoms with Crippen molar-refractivity contribution in [2.24, 2.45) is 11.8 Å². The Morgan fingerprint density at radius 2 is 1.81 bits per heavy atom. The van der Waals surface area contributed by atoms with Crippen LogP contribution in [0.2, 0.25) is 5.02 Å². The average Bonchev–Trinajstić information content (AvgIpc) is 2.99. The summed E-state index contributed by atoms with van der Waals surface area (Å²) in [4.78, 5) is 24.3. The standard InChI is InChI=1S/C17H20ClF3N2O3/c1-16(2,10-3-5-11(18)6-4-10)9-22-15(26)23-7-12(14(24)25)13(8-23)17(19,20)21/h3-6,12-13H,7-9H2,1-2H3,(H,22,26)(H,24,25)/t12-,13-/m1/s1. The first-order chi connectivity index (χ1) is 11.9. The molecule has 1 aromatic carbocycles. The summed E-state index contributed by atoms with van der Waals surface area (Å²) >= 11 is 5.85. The fraction of sp³-hybridized carbons (Fsp3) is 0.529. The van der Waals surface area contributed by atoms with Crippen LogP contribution in [0.3, 0.4) is 0 Å². The Kier molecular flexibility index (Phi) is 5.75. The molecule has 1 aliphatic rings. The monoisotopic (exact) mass is 392 g/mol. The van der Waals surface area contributed by atoms with E-state index in [2.05, 4.69) is 5.32 Å². The molecule has 1 aromatic rings. The number of halogens is 4. The number of amides is 2. The van der Waals surface area contributed by atoms with Crippen LogP contribution in [0.1, 0.15) is 19.4 Å². The second-order valence-corrected chi connectivity index (χ2v) is 7.48. The third-order valence-electron chi connectivity index (χ3n) is 4.65. The number of likely N-dealkylation sites (tertiary alicyclic amines) is 1. The van der Waals surface area contributed by atoms with Gasteiger partial charge < -0.3 is 15.3 Å². The molecule has 1 aliphatic heterocycles. The van der Waals surface area contributed by atoms with Gasteiger partial charge in [0.2, 0.25) is 0 Å². The number of urea groups is 1. The van der Waals surface area contributed by atoms with E-state index in [1.54, 1.807) is 12.1 Å². The number of aliphatic carboxylic acids is 1. The largest absolute Gasteiger partial charge is 0.481 e. The first-order valence-electron chi connectivity index (χ1n) is 8.00. The van der Waals surface area contributed by atoms with Gasteiger partial charge in [-0.25, -0.2) is 4.79 Å². The predicted octanol–water partition coefficient (Wildman–Crippen LogP) is 3.52. The van der Waals surface area contributed by atoms with Gasteiger partial charge in [-0.2, -0.15) is 13.2 Å². The Morgan fingerprint density at radius 3 is 2.27 bits per heavy atom. The first kappa shape index (κ1) is 20.4. The Bertz CT molecular complexity index is 677. The summed E-state index contributed by atoms with van der Waals surface area (Å²) in [7, 11) is 0. The van der Waals surface area contributed by atoms with Crippen molar-refractivity contribution in [3.8, 4) is 0 Å². The number of carbonyl (C=O) groups is 2. The molecule has 0 bridgehead atoms. The van der Waals surface area contributed by atoms with Crippen molar-refractivity contribution in [2.45, 2.75) is 25.4 Å². The summed E-state index contributed by atoms with van der Waals surface area (Å²) in [5, 5.41) is 12.2. The van der Waals surface area contributed by atoms with Gasteiger partial charge in [-0.3, -0.25) is 4.79 Å². The maximum atomic E-state index is 13.0. The Hall–Kier alpha value is -1.96.